The van der Waals surface area contributed by atoms with E-state index in [9.17, 15) is 14.4 Å². The highest BCUT2D eigenvalue weighted by molar-refractivity contribution is 6.01. The summed E-state index contributed by atoms with van der Waals surface area (Å²) in [6.07, 6.45) is -0.633. The van der Waals surface area contributed by atoms with Crippen molar-refractivity contribution in [2.75, 3.05) is 0 Å². The first-order valence-corrected chi connectivity index (χ1v) is 9.14. The largest absolute Gasteiger partial charge is 0.454 e. The number of carbonyl (C=O) groups is 2. The summed E-state index contributed by atoms with van der Waals surface area (Å²) in [5.74, 6) is -0.331. The normalized spacial score (nSPS) is 12.0. The van der Waals surface area contributed by atoms with Crippen LogP contribution in [0.5, 0.6) is 0 Å². The topological polar surface area (TPSA) is 89.1 Å². The maximum atomic E-state index is 12.6. The van der Waals surface area contributed by atoms with Crippen LogP contribution in [0, 0.1) is 13.8 Å². The second kappa shape index (κ2) is 8.17. The number of hydrogen-bond donors (Lipinski definition) is 1. The van der Waals surface area contributed by atoms with Crippen molar-refractivity contribution < 1.29 is 14.3 Å². The Kier molecular flexibility index (Phi) is 5.68. The van der Waals surface area contributed by atoms with Crippen LogP contribution in [0.25, 0.3) is 10.9 Å². The molecule has 6 nitrogen and oxygen atoms in total. The third kappa shape index (κ3) is 4.34. The highest BCUT2D eigenvalue weighted by Crippen LogP contribution is 2.15. The SMILES string of the molecule is Cc1ccc(C)c(C(=O)[C@@H](C)OC(=O)CCc2nc3ccccc3c(=O)[nH]2)c1. The summed E-state index contributed by atoms with van der Waals surface area (Å²) >= 11 is 0. The van der Waals surface area contributed by atoms with Gasteiger partial charge in [0.15, 0.2) is 6.10 Å². The molecule has 0 bridgehead atoms. The number of rotatable bonds is 6. The summed E-state index contributed by atoms with van der Waals surface area (Å²) in [5.41, 5.74) is 2.71. The van der Waals surface area contributed by atoms with E-state index in [0.717, 1.165) is 11.1 Å². The fourth-order valence-electron chi connectivity index (χ4n) is 3.00. The number of fused-ring (bicyclic) bond motifs is 1. The van der Waals surface area contributed by atoms with Gasteiger partial charge in [-0.3, -0.25) is 14.4 Å². The second-order valence-corrected chi connectivity index (χ2v) is 6.84. The average Bonchev–Trinajstić information content (AvgIpc) is 2.67. The van der Waals surface area contributed by atoms with Crippen LogP contribution < -0.4 is 5.56 Å². The maximum Gasteiger partial charge on any atom is 0.306 e. The van der Waals surface area contributed by atoms with Gasteiger partial charge in [-0.2, -0.15) is 0 Å². The fourth-order valence-corrected chi connectivity index (χ4v) is 3.00. The zero-order chi connectivity index (χ0) is 20.3. The van der Waals surface area contributed by atoms with Gasteiger partial charge >= 0.3 is 5.97 Å². The van der Waals surface area contributed by atoms with Gasteiger partial charge in [-0.1, -0.05) is 29.8 Å². The highest BCUT2D eigenvalue weighted by atomic mass is 16.5. The second-order valence-electron chi connectivity index (χ2n) is 6.84. The molecule has 28 heavy (non-hydrogen) atoms. The van der Waals surface area contributed by atoms with Crippen molar-refractivity contribution in [3.05, 3.63) is 75.3 Å². The maximum absolute atomic E-state index is 12.6. The van der Waals surface area contributed by atoms with Gasteiger partial charge < -0.3 is 9.72 Å². The molecule has 1 atom stereocenters. The molecule has 6 heteroatoms. The third-order valence-electron chi connectivity index (χ3n) is 4.56. The minimum absolute atomic E-state index is 0.0195. The number of nitrogens with one attached hydrogen (secondary N) is 1. The predicted molar refractivity (Wildman–Crippen MR) is 106 cm³/mol. The average molecular weight is 378 g/mol. The van der Waals surface area contributed by atoms with Crippen LogP contribution in [-0.2, 0) is 16.0 Å². The number of esters is 1. The number of hydrogen-bond acceptors (Lipinski definition) is 5. The minimum Gasteiger partial charge on any atom is -0.454 e. The smallest absolute Gasteiger partial charge is 0.306 e. The molecule has 0 unspecified atom stereocenters. The van der Waals surface area contributed by atoms with Gasteiger partial charge in [0.05, 0.1) is 17.3 Å². The van der Waals surface area contributed by atoms with Crippen LogP contribution in [-0.4, -0.2) is 27.8 Å². The molecule has 1 heterocycles. The van der Waals surface area contributed by atoms with E-state index < -0.39 is 12.1 Å². The van der Waals surface area contributed by atoms with Crippen LogP contribution in [0.2, 0.25) is 0 Å². The summed E-state index contributed by atoms with van der Waals surface area (Å²) in [6.45, 7) is 5.32. The van der Waals surface area contributed by atoms with Crippen molar-refractivity contribution >= 4 is 22.7 Å². The lowest BCUT2D eigenvalue weighted by atomic mass is 9.99. The molecule has 3 rings (SSSR count). The molecule has 3 aromatic rings. The molecule has 0 saturated heterocycles. The summed E-state index contributed by atoms with van der Waals surface area (Å²) in [6, 6.07) is 12.6. The number of para-hydroxylation sites is 1. The van der Waals surface area contributed by atoms with E-state index in [2.05, 4.69) is 9.97 Å². The van der Waals surface area contributed by atoms with Crippen LogP contribution in [0.3, 0.4) is 0 Å². The number of H-pyrrole nitrogens is 1. The molecular weight excluding hydrogens is 356 g/mol. The summed E-state index contributed by atoms with van der Waals surface area (Å²) in [5, 5.41) is 0.501. The van der Waals surface area contributed by atoms with Gasteiger partial charge in [0.25, 0.3) is 5.56 Å². The molecule has 0 spiro atoms. The highest BCUT2D eigenvalue weighted by Gasteiger charge is 2.21. The zero-order valence-corrected chi connectivity index (χ0v) is 16.1. The number of Topliss-reactive ketones (excluding diaryl/α,β-unsaturated/α-hetero) is 1. The minimum atomic E-state index is -0.878. The first-order valence-electron chi connectivity index (χ1n) is 9.14. The number of ketones is 1. The van der Waals surface area contributed by atoms with Crippen molar-refractivity contribution in [2.45, 2.75) is 39.7 Å². The van der Waals surface area contributed by atoms with Crippen molar-refractivity contribution in [3.8, 4) is 0 Å². The molecule has 0 aliphatic carbocycles. The molecule has 1 N–H and O–H groups in total. The lowest BCUT2D eigenvalue weighted by Gasteiger charge is -2.14. The molecule has 0 fully saturated rings. The lowest BCUT2D eigenvalue weighted by molar-refractivity contribution is -0.146. The van der Waals surface area contributed by atoms with Gasteiger partial charge in [-0.15, -0.1) is 0 Å². The Morgan fingerprint density at radius 1 is 1.14 bits per heavy atom. The number of carbonyl (C=O) groups excluding carboxylic acids is 2. The molecular formula is C22H22N2O4. The Bertz CT molecular complexity index is 1100. The molecule has 144 valence electrons. The van der Waals surface area contributed by atoms with Gasteiger partial charge in [0.1, 0.15) is 5.82 Å². The van der Waals surface area contributed by atoms with Gasteiger partial charge in [0, 0.05) is 12.0 Å². The van der Waals surface area contributed by atoms with Crippen LogP contribution in [0.4, 0.5) is 0 Å². The van der Waals surface area contributed by atoms with E-state index in [-0.39, 0.29) is 24.2 Å². The quantitative estimate of drug-likeness (QED) is 0.525. The number of aromatic nitrogens is 2. The summed E-state index contributed by atoms with van der Waals surface area (Å²) < 4.78 is 5.29. The summed E-state index contributed by atoms with van der Waals surface area (Å²) in [4.78, 5) is 43.9. The van der Waals surface area contributed by atoms with Crippen molar-refractivity contribution in [2.24, 2.45) is 0 Å². The molecule has 0 aliphatic rings. The number of ether oxygens (including phenoxy) is 1. The van der Waals surface area contributed by atoms with Gasteiger partial charge in [-0.05, 0) is 44.5 Å². The fraction of sp³-hybridized carbons (Fsp3) is 0.273. The molecule has 1 aromatic heterocycles. The molecule has 0 amide bonds. The summed E-state index contributed by atoms with van der Waals surface area (Å²) in [7, 11) is 0. The number of aromatic amines is 1. The Morgan fingerprint density at radius 3 is 2.68 bits per heavy atom. The first kappa shape index (κ1) is 19.5. The van der Waals surface area contributed by atoms with E-state index in [1.54, 1.807) is 37.3 Å². The number of benzene rings is 2. The van der Waals surface area contributed by atoms with Crippen molar-refractivity contribution in [1.29, 1.82) is 0 Å². The number of aryl methyl sites for hydroxylation is 3. The van der Waals surface area contributed by atoms with E-state index in [0.29, 0.717) is 22.3 Å². The van der Waals surface area contributed by atoms with E-state index >= 15 is 0 Å². The van der Waals surface area contributed by atoms with E-state index in [1.165, 1.54) is 0 Å². The van der Waals surface area contributed by atoms with E-state index in [4.69, 9.17) is 4.74 Å². The van der Waals surface area contributed by atoms with Crippen LogP contribution >= 0.6 is 0 Å². The van der Waals surface area contributed by atoms with Crippen LogP contribution in [0.15, 0.2) is 47.3 Å². The van der Waals surface area contributed by atoms with Crippen LogP contribution in [0.1, 0.15) is 40.7 Å². The zero-order valence-electron chi connectivity index (χ0n) is 16.1. The standard InChI is InChI=1S/C22H22N2O4/c1-13-8-9-14(2)17(12-13)21(26)15(3)28-20(25)11-10-19-23-18-7-5-4-6-16(18)22(27)24-19/h4-9,12,15H,10-11H2,1-3H3,(H,23,24,27)/t15-/m1/s1. The Hall–Kier alpha value is -3.28. The van der Waals surface area contributed by atoms with E-state index in [1.807, 2.05) is 26.0 Å². The Morgan fingerprint density at radius 2 is 1.89 bits per heavy atom. The Labute approximate surface area is 162 Å². The molecule has 0 aliphatic heterocycles. The van der Waals surface area contributed by atoms with Gasteiger partial charge in [0.2, 0.25) is 5.78 Å². The molecule has 0 radical (unpaired) electrons. The monoisotopic (exact) mass is 378 g/mol. The van der Waals surface area contributed by atoms with Crippen molar-refractivity contribution in [1.82, 2.24) is 9.97 Å². The van der Waals surface area contributed by atoms with Gasteiger partial charge in [-0.25, -0.2) is 4.98 Å². The molecule has 0 saturated carbocycles. The Balaban J connectivity index is 1.63. The predicted octanol–water partition coefficient (Wildman–Crippen LogP) is 3.29. The number of nitrogens with zero attached hydrogens (tertiary/aromatic N) is 1. The molecule has 2 aromatic carbocycles. The lowest BCUT2D eigenvalue weighted by Crippen LogP contribution is -2.25. The first-order chi connectivity index (χ1) is 13.3. The third-order valence-corrected chi connectivity index (χ3v) is 4.56. The van der Waals surface area contributed by atoms with Crippen molar-refractivity contribution in [3.63, 3.8) is 0 Å².